The Morgan fingerprint density at radius 3 is 2.50 bits per heavy atom. The van der Waals surface area contributed by atoms with Crippen LogP contribution in [0.5, 0.6) is 5.75 Å². The van der Waals surface area contributed by atoms with Crippen molar-refractivity contribution in [3.8, 4) is 5.75 Å². The van der Waals surface area contributed by atoms with Gasteiger partial charge in [-0.1, -0.05) is 48.5 Å². The lowest BCUT2D eigenvalue weighted by Gasteiger charge is -2.23. The first-order valence-electron chi connectivity index (χ1n) is 9.70. The topological polar surface area (TPSA) is 50.3 Å². The monoisotopic (exact) mass is 376 g/mol. The first-order chi connectivity index (χ1) is 13.7. The fourth-order valence-electron chi connectivity index (χ4n) is 3.20. The highest BCUT2D eigenvalue weighted by molar-refractivity contribution is 5.50. The Hall–Kier alpha value is -3.08. The van der Waals surface area contributed by atoms with Gasteiger partial charge in [0.2, 0.25) is 0 Å². The zero-order valence-corrected chi connectivity index (χ0v) is 16.9. The third kappa shape index (κ3) is 5.22. The molecule has 0 saturated carbocycles. The molecule has 28 heavy (non-hydrogen) atoms. The summed E-state index contributed by atoms with van der Waals surface area (Å²) in [4.78, 5) is 11.5. The summed E-state index contributed by atoms with van der Waals surface area (Å²) in [6, 6.07) is 20.6. The van der Waals surface area contributed by atoms with Gasteiger partial charge in [0, 0.05) is 25.7 Å². The van der Waals surface area contributed by atoms with Gasteiger partial charge in [-0.15, -0.1) is 0 Å². The third-order valence-corrected chi connectivity index (χ3v) is 4.64. The number of nitrogens with one attached hydrogen (secondary N) is 1. The summed E-state index contributed by atoms with van der Waals surface area (Å²) in [5.41, 5.74) is 2.45. The van der Waals surface area contributed by atoms with Crippen LogP contribution in [0.4, 0.5) is 11.6 Å². The maximum atomic E-state index is 5.43. The SMILES string of the molecule is CCN(Cc1ccccc1)c1cc(NCCc2ccccc2OC)nc(C)n1. The third-order valence-electron chi connectivity index (χ3n) is 4.64. The largest absolute Gasteiger partial charge is 0.496 e. The van der Waals surface area contributed by atoms with Crippen molar-refractivity contribution in [1.82, 2.24) is 9.97 Å². The molecule has 0 amide bonds. The minimum absolute atomic E-state index is 0.767. The molecule has 1 N–H and O–H groups in total. The zero-order chi connectivity index (χ0) is 19.8. The molecular formula is C23H28N4O. The van der Waals surface area contributed by atoms with E-state index < -0.39 is 0 Å². The van der Waals surface area contributed by atoms with E-state index in [1.54, 1.807) is 7.11 Å². The van der Waals surface area contributed by atoms with E-state index in [9.17, 15) is 0 Å². The molecule has 3 rings (SSSR count). The van der Waals surface area contributed by atoms with Gasteiger partial charge in [-0.25, -0.2) is 9.97 Å². The number of hydrogen-bond acceptors (Lipinski definition) is 5. The van der Waals surface area contributed by atoms with Gasteiger partial charge >= 0.3 is 0 Å². The average molecular weight is 377 g/mol. The first kappa shape index (κ1) is 19.7. The Balaban J connectivity index is 1.68. The van der Waals surface area contributed by atoms with E-state index in [0.29, 0.717) is 0 Å². The lowest BCUT2D eigenvalue weighted by atomic mass is 10.1. The van der Waals surface area contributed by atoms with Gasteiger partial charge in [0.15, 0.2) is 0 Å². The van der Waals surface area contributed by atoms with E-state index in [4.69, 9.17) is 4.74 Å². The lowest BCUT2D eigenvalue weighted by molar-refractivity contribution is 0.410. The highest BCUT2D eigenvalue weighted by Gasteiger charge is 2.10. The van der Waals surface area contributed by atoms with Gasteiger partial charge in [0.1, 0.15) is 23.2 Å². The number of ether oxygens (including phenoxy) is 1. The number of methoxy groups -OCH3 is 1. The first-order valence-corrected chi connectivity index (χ1v) is 9.70. The van der Waals surface area contributed by atoms with Gasteiger partial charge in [0.05, 0.1) is 7.11 Å². The molecule has 0 aliphatic rings. The van der Waals surface area contributed by atoms with Crippen molar-refractivity contribution in [1.29, 1.82) is 0 Å². The summed E-state index contributed by atoms with van der Waals surface area (Å²) >= 11 is 0. The predicted octanol–water partition coefficient (Wildman–Crippen LogP) is 4.47. The Morgan fingerprint density at radius 1 is 1.00 bits per heavy atom. The molecule has 1 aromatic heterocycles. The Labute approximate surface area is 167 Å². The van der Waals surface area contributed by atoms with Crippen LogP contribution in [0.25, 0.3) is 0 Å². The maximum absolute atomic E-state index is 5.43. The molecule has 146 valence electrons. The Morgan fingerprint density at radius 2 is 1.75 bits per heavy atom. The second kappa shape index (κ2) is 9.74. The number of rotatable bonds is 9. The summed E-state index contributed by atoms with van der Waals surface area (Å²) in [5.74, 6) is 3.48. The number of para-hydroxylation sites is 1. The average Bonchev–Trinajstić information content (AvgIpc) is 2.72. The molecule has 0 aliphatic carbocycles. The second-order valence-corrected chi connectivity index (χ2v) is 6.65. The quantitative estimate of drug-likeness (QED) is 0.597. The molecule has 0 spiro atoms. The maximum Gasteiger partial charge on any atom is 0.134 e. The standard InChI is InChI=1S/C23H28N4O/c1-4-27(17-19-10-6-5-7-11-19)23-16-22(25-18(2)26-23)24-15-14-20-12-8-9-13-21(20)28-3/h5-13,16H,4,14-15,17H2,1-3H3,(H,24,25,26). The number of aromatic nitrogens is 2. The van der Waals surface area contributed by atoms with Crippen LogP contribution >= 0.6 is 0 Å². The summed E-state index contributed by atoms with van der Waals surface area (Å²) in [7, 11) is 1.71. The normalized spacial score (nSPS) is 10.5. The molecule has 5 heteroatoms. The van der Waals surface area contributed by atoms with E-state index in [2.05, 4.69) is 57.4 Å². The lowest BCUT2D eigenvalue weighted by Crippen LogP contribution is -2.24. The molecule has 1 heterocycles. The van der Waals surface area contributed by atoms with Gasteiger partial charge in [0.25, 0.3) is 0 Å². The molecule has 2 aromatic carbocycles. The zero-order valence-electron chi connectivity index (χ0n) is 16.9. The highest BCUT2D eigenvalue weighted by Crippen LogP contribution is 2.20. The molecule has 0 fully saturated rings. The fourth-order valence-corrected chi connectivity index (χ4v) is 3.20. The van der Waals surface area contributed by atoms with Gasteiger partial charge < -0.3 is 15.0 Å². The predicted molar refractivity (Wildman–Crippen MR) is 115 cm³/mol. The van der Waals surface area contributed by atoms with Crippen molar-refractivity contribution in [2.24, 2.45) is 0 Å². The summed E-state index contributed by atoms with van der Waals surface area (Å²) in [6.07, 6.45) is 0.865. The molecule has 0 unspecified atom stereocenters. The van der Waals surface area contributed by atoms with Crippen molar-refractivity contribution < 1.29 is 4.74 Å². The van der Waals surface area contributed by atoms with Crippen molar-refractivity contribution in [2.45, 2.75) is 26.8 Å². The van der Waals surface area contributed by atoms with Crippen LogP contribution in [0.15, 0.2) is 60.7 Å². The number of hydrogen-bond donors (Lipinski definition) is 1. The second-order valence-electron chi connectivity index (χ2n) is 6.65. The summed E-state index contributed by atoms with van der Waals surface area (Å²) in [6.45, 7) is 6.57. The molecule has 5 nitrogen and oxygen atoms in total. The molecule has 0 atom stereocenters. The summed E-state index contributed by atoms with van der Waals surface area (Å²) in [5, 5.41) is 3.44. The van der Waals surface area contributed by atoms with Crippen LogP contribution in [-0.2, 0) is 13.0 Å². The molecule has 0 aliphatic heterocycles. The number of anilines is 2. The van der Waals surface area contributed by atoms with E-state index in [1.807, 2.05) is 37.3 Å². The van der Waals surface area contributed by atoms with Crippen LogP contribution in [0.1, 0.15) is 23.9 Å². The number of aryl methyl sites for hydroxylation is 1. The molecule has 0 saturated heterocycles. The molecular weight excluding hydrogens is 348 g/mol. The Kier molecular flexibility index (Phi) is 6.84. The highest BCUT2D eigenvalue weighted by atomic mass is 16.5. The van der Waals surface area contributed by atoms with Gasteiger partial charge in [-0.2, -0.15) is 0 Å². The van der Waals surface area contributed by atoms with Crippen molar-refractivity contribution >= 4 is 11.6 Å². The Bertz CT molecular complexity index is 883. The van der Waals surface area contributed by atoms with E-state index >= 15 is 0 Å². The van der Waals surface area contributed by atoms with E-state index in [-0.39, 0.29) is 0 Å². The van der Waals surface area contributed by atoms with E-state index in [0.717, 1.165) is 49.3 Å². The van der Waals surface area contributed by atoms with Gasteiger partial charge in [-0.05, 0) is 37.5 Å². The molecule has 0 radical (unpaired) electrons. The van der Waals surface area contributed by atoms with E-state index in [1.165, 1.54) is 11.1 Å². The molecule has 3 aromatic rings. The molecule has 0 bridgehead atoms. The van der Waals surface area contributed by atoms with Crippen LogP contribution in [-0.4, -0.2) is 30.2 Å². The summed E-state index contributed by atoms with van der Waals surface area (Å²) < 4.78 is 5.43. The minimum Gasteiger partial charge on any atom is -0.496 e. The van der Waals surface area contributed by atoms with Crippen molar-refractivity contribution in [2.75, 3.05) is 30.4 Å². The number of benzene rings is 2. The van der Waals surface area contributed by atoms with Crippen LogP contribution in [0, 0.1) is 6.92 Å². The number of nitrogens with zero attached hydrogens (tertiary/aromatic N) is 3. The van der Waals surface area contributed by atoms with Crippen molar-refractivity contribution in [3.05, 3.63) is 77.6 Å². The smallest absolute Gasteiger partial charge is 0.134 e. The van der Waals surface area contributed by atoms with Crippen molar-refractivity contribution in [3.63, 3.8) is 0 Å². The minimum atomic E-state index is 0.767. The van der Waals surface area contributed by atoms with Crippen LogP contribution in [0.2, 0.25) is 0 Å². The van der Waals surface area contributed by atoms with Gasteiger partial charge in [-0.3, -0.25) is 0 Å². The fraction of sp³-hybridized carbons (Fsp3) is 0.304. The van der Waals surface area contributed by atoms with Crippen LogP contribution < -0.4 is 15.0 Å². The van der Waals surface area contributed by atoms with Crippen LogP contribution in [0.3, 0.4) is 0 Å².